The van der Waals surface area contributed by atoms with Gasteiger partial charge in [0.25, 0.3) is 0 Å². The van der Waals surface area contributed by atoms with Gasteiger partial charge in [-0.3, -0.25) is 0 Å². The van der Waals surface area contributed by atoms with E-state index < -0.39 is 12.1 Å². The average molecular weight is 206 g/mol. The maximum atomic E-state index is 13.4. The van der Waals surface area contributed by atoms with Gasteiger partial charge in [0.2, 0.25) is 6.17 Å². The molecule has 0 bridgehead atoms. The number of hydrogen-bond acceptors (Lipinski definition) is 1. The third kappa shape index (κ3) is 1.54. The Balaban J connectivity index is 2.43. The Kier molecular flexibility index (Phi) is 2.31. The number of rotatable bonds is 2. The first kappa shape index (κ1) is 9.90. The summed E-state index contributed by atoms with van der Waals surface area (Å²) in [6, 6.07) is 5.54. The van der Waals surface area contributed by atoms with Gasteiger partial charge >= 0.3 is 5.97 Å². The van der Waals surface area contributed by atoms with Crippen molar-refractivity contribution in [2.45, 2.75) is 19.5 Å². The normalized spacial score (nSPS) is 15.7. The maximum absolute atomic E-state index is 13.4. The minimum absolute atomic E-state index is 0.293. The molecular weight excluding hydrogens is 195 g/mol. The zero-order valence-corrected chi connectivity index (χ0v) is 8.33. The fraction of sp³-hybridized carbons (Fsp3) is 0.250. The highest BCUT2D eigenvalue weighted by molar-refractivity contribution is 5.92. The van der Waals surface area contributed by atoms with E-state index in [2.05, 4.69) is 0 Å². The first-order valence-corrected chi connectivity index (χ1v) is 4.77. The number of allylic oxidation sites excluding steroid dienone is 1. The van der Waals surface area contributed by atoms with Crippen molar-refractivity contribution in [3.05, 3.63) is 41.0 Å². The fourth-order valence-electron chi connectivity index (χ4n) is 1.94. The van der Waals surface area contributed by atoms with Crippen LogP contribution in [0.25, 0.3) is 5.57 Å². The Morgan fingerprint density at radius 1 is 1.53 bits per heavy atom. The van der Waals surface area contributed by atoms with Crippen molar-refractivity contribution in [3.63, 3.8) is 0 Å². The molecule has 78 valence electrons. The van der Waals surface area contributed by atoms with Gasteiger partial charge in [0.15, 0.2) is 0 Å². The van der Waals surface area contributed by atoms with Crippen molar-refractivity contribution in [2.75, 3.05) is 0 Å². The van der Waals surface area contributed by atoms with Crippen LogP contribution < -0.4 is 0 Å². The van der Waals surface area contributed by atoms with Crippen molar-refractivity contribution < 1.29 is 14.3 Å². The molecule has 0 aromatic heterocycles. The van der Waals surface area contributed by atoms with Crippen molar-refractivity contribution in [2.24, 2.45) is 0 Å². The molecule has 1 aromatic rings. The van der Waals surface area contributed by atoms with E-state index in [4.69, 9.17) is 5.11 Å². The number of carboxylic acid groups (broad SMARTS) is 1. The monoisotopic (exact) mass is 206 g/mol. The lowest BCUT2D eigenvalue weighted by Gasteiger charge is -2.08. The van der Waals surface area contributed by atoms with Gasteiger partial charge in [-0.05, 0) is 30.0 Å². The topological polar surface area (TPSA) is 37.3 Å². The summed E-state index contributed by atoms with van der Waals surface area (Å²) in [6.45, 7) is 1.95. The third-order valence-corrected chi connectivity index (χ3v) is 2.74. The number of alkyl halides is 1. The largest absolute Gasteiger partial charge is 0.479 e. The number of fused-ring (bicyclic) bond motifs is 1. The standard InChI is InChI=1S/C12H11FO2/c1-7-3-2-4-9-8(7)5-6-10(9)11(13)12(14)15/h2-4,6,11H,5H2,1H3,(H,14,15). The number of carbonyl (C=O) groups is 1. The Morgan fingerprint density at radius 2 is 2.27 bits per heavy atom. The zero-order valence-electron chi connectivity index (χ0n) is 8.33. The molecule has 0 saturated carbocycles. The molecule has 0 radical (unpaired) electrons. The van der Waals surface area contributed by atoms with Gasteiger partial charge in [-0.1, -0.05) is 24.3 Å². The van der Waals surface area contributed by atoms with E-state index in [1.165, 1.54) is 0 Å². The highest BCUT2D eigenvalue weighted by Gasteiger charge is 2.27. The molecule has 1 N–H and O–H groups in total. The van der Waals surface area contributed by atoms with Crippen LogP contribution in [0, 0.1) is 6.92 Å². The molecule has 0 aliphatic heterocycles. The van der Waals surface area contributed by atoms with Crippen LogP contribution >= 0.6 is 0 Å². The SMILES string of the molecule is Cc1cccc2c1CC=C2C(F)C(=O)O. The van der Waals surface area contributed by atoms with Gasteiger partial charge in [0, 0.05) is 5.57 Å². The van der Waals surface area contributed by atoms with E-state index in [9.17, 15) is 9.18 Å². The Labute approximate surface area is 87.0 Å². The van der Waals surface area contributed by atoms with E-state index in [1.54, 1.807) is 12.1 Å². The predicted molar refractivity (Wildman–Crippen MR) is 55.4 cm³/mol. The lowest BCUT2D eigenvalue weighted by molar-refractivity contribution is -0.140. The molecule has 3 heteroatoms. The summed E-state index contributed by atoms with van der Waals surface area (Å²) in [5.41, 5.74) is 3.15. The predicted octanol–water partition coefficient (Wildman–Crippen LogP) is 2.36. The molecule has 1 aliphatic carbocycles. The number of carboxylic acids is 1. The highest BCUT2D eigenvalue weighted by atomic mass is 19.1. The van der Waals surface area contributed by atoms with Crippen LogP contribution in [0.15, 0.2) is 24.3 Å². The number of aliphatic carboxylic acids is 1. The van der Waals surface area contributed by atoms with Crippen LogP contribution in [0.1, 0.15) is 16.7 Å². The molecule has 2 nitrogen and oxygen atoms in total. The lowest BCUT2D eigenvalue weighted by atomic mass is 9.99. The quantitative estimate of drug-likeness (QED) is 0.806. The van der Waals surface area contributed by atoms with Crippen LogP contribution in [-0.4, -0.2) is 17.2 Å². The molecule has 0 heterocycles. The molecular formula is C12H11FO2. The Hall–Kier alpha value is -1.64. The minimum Gasteiger partial charge on any atom is -0.479 e. The summed E-state index contributed by atoms with van der Waals surface area (Å²) < 4.78 is 13.4. The smallest absolute Gasteiger partial charge is 0.343 e. The van der Waals surface area contributed by atoms with E-state index in [0.29, 0.717) is 12.0 Å². The van der Waals surface area contributed by atoms with Crippen LogP contribution in [-0.2, 0) is 11.2 Å². The number of hydrogen-bond donors (Lipinski definition) is 1. The van der Waals surface area contributed by atoms with Gasteiger partial charge in [0.05, 0.1) is 0 Å². The molecule has 0 fully saturated rings. The molecule has 1 aliphatic rings. The van der Waals surface area contributed by atoms with Crippen LogP contribution in [0.2, 0.25) is 0 Å². The summed E-state index contributed by atoms with van der Waals surface area (Å²) in [6.07, 6.45) is 0.384. The fourth-order valence-corrected chi connectivity index (χ4v) is 1.94. The van der Waals surface area contributed by atoms with Gasteiger partial charge in [-0.15, -0.1) is 0 Å². The first-order chi connectivity index (χ1) is 7.11. The van der Waals surface area contributed by atoms with Gasteiger partial charge < -0.3 is 5.11 Å². The molecule has 2 rings (SSSR count). The lowest BCUT2D eigenvalue weighted by Crippen LogP contribution is -2.15. The molecule has 1 atom stereocenters. The average Bonchev–Trinajstić information content (AvgIpc) is 2.61. The van der Waals surface area contributed by atoms with Gasteiger partial charge in [0.1, 0.15) is 0 Å². The molecule has 15 heavy (non-hydrogen) atoms. The van der Waals surface area contributed by atoms with Crippen molar-refractivity contribution in [1.29, 1.82) is 0 Å². The molecule has 0 spiro atoms. The van der Waals surface area contributed by atoms with Crippen LogP contribution in [0.3, 0.4) is 0 Å². The van der Waals surface area contributed by atoms with E-state index in [-0.39, 0.29) is 0 Å². The molecule has 1 aromatic carbocycles. The van der Waals surface area contributed by atoms with E-state index in [0.717, 1.165) is 16.7 Å². The van der Waals surface area contributed by atoms with Crippen LogP contribution in [0.5, 0.6) is 0 Å². The molecule has 0 amide bonds. The Bertz CT molecular complexity index is 449. The maximum Gasteiger partial charge on any atom is 0.343 e. The van der Waals surface area contributed by atoms with Crippen LogP contribution in [0.4, 0.5) is 4.39 Å². The Morgan fingerprint density at radius 3 is 2.93 bits per heavy atom. The van der Waals surface area contributed by atoms with Gasteiger partial charge in [-0.25, -0.2) is 9.18 Å². The summed E-state index contributed by atoms with van der Waals surface area (Å²) in [5.74, 6) is -1.42. The first-order valence-electron chi connectivity index (χ1n) is 4.77. The zero-order chi connectivity index (χ0) is 11.0. The summed E-state index contributed by atoms with van der Waals surface area (Å²) >= 11 is 0. The van der Waals surface area contributed by atoms with E-state index >= 15 is 0 Å². The van der Waals surface area contributed by atoms with Crippen molar-refractivity contribution in [3.8, 4) is 0 Å². The third-order valence-electron chi connectivity index (χ3n) is 2.74. The summed E-state index contributed by atoms with van der Waals surface area (Å²) in [7, 11) is 0. The second-order valence-electron chi connectivity index (χ2n) is 3.67. The van der Waals surface area contributed by atoms with Crippen molar-refractivity contribution >= 4 is 11.5 Å². The van der Waals surface area contributed by atoms with E-state index in [1.807, 2.05) is 19.1 Å². The second-order valence-corrected chi connectivity index (χ2v) is 3.67. The minimum atomic E-state index is -1.91. The highest BCUT2D eigenvalue weighted by Crippen LogP contribution is 2.32. The second kappa shape index (κ2) is 3.50. The van der Waals surface area contributed by atoms with Crippen molar-refractivity contribution in [1.82, 2.24) is 0 Å². The number of aryl methyl sites for hydroxylation is 1. The van der Waals surface area contributed by atoms with Gasteiger partial charge in [-0.2, -0.15) is 0 Å². The number of benzene rings is 1. The summed E-state index contributed by atoms with van der Waals surface area (Å²) in [5, 5.41) is 8.62. The molecule has 1 unspecified atom stereocenters. The number of halogens is 1. The molecule has 0 saturated heterocycles. The summed E-state index contributed by atoms with van der Waals surface area (Å²) in [4.78, 5) is 10.6.